The molecule has 0 saturated heterocycles. The van der Waals surface area contributed by atoms with Crippen LogP contribution in [0.5, 0.6) is 0 Å². The first-order valence-corrected chi connectivity index (χ1v) is 9.58. The van der Waals surface area contributed by atoms with Crippen LogP contribution in [0.25, 0.3) is 21.5 Å². The van der Waals surface area contributed by atoms with E-state index >= 15 is 0 Å². The fourth-order valence-electron chi connectivity index (χ4n) is 3.14. The van der Waals surface area contributed by atoms with Gasteiger partial charge in [-0.3, -0.25) is 4.55 Å². The number of nitrogens with zero attached hydrogens (tertiary/aromatic N) is 1. The molecule has 4 nitrogen and oxygen atoms in total. The highest BCUT2D eigenvalue weighted by molar-refractivity contribution is 7.85. The third-order valence-electron chi connectivity index (χ3n) is 4.25. The summed E-state index contributed by atoms with van der Waals surface area (Å²) < 4.78 is 30.6. The lowest BCUT2D eigenvalue weighted by atomic mass is 9.96. The van der Waals surface area contributed by atoms with Gasteiger partial charge in [0, 0.05) is 6.54 Å². The summed E-state index contributed by atoms with van der Waals surface area (Å²) in [5.41, 5.74) is 1.25. The summed E-state index contributed by atoms with van der Waals surface area (Å²) in [5, 5.41) is 4.85. The maximum atomic E-state index is 10.9. The molecule has 5 heteroatoms. The lowest BCUT2D eigenvalue weighted by Gasteiger charge is -2.19. The van der Waals surface area contributed by atoms with Crippen LogP contribution < -0.4 is 0 Å². The Morgan fingerprint density at radius 2 is 1.50 bits per heavy atom. The zero-order valence-electron chi connectivity index (χ0n) is 13.6. The van der Waals surface area contributed by atoms with Gasteiger partial charge >= 0.3 is 0 Å². The van der Waals surface area contributed by atoms with E-state index in [1.807, 2.05) is 31.3 Å². The number of hydrogen-bond acceptors (Lipinski definition) is 3. The van der Waals surface area contributed by atoms with Crippen LogP contribution in [0.15, 0.2) is 54.6 Å². The molecule has 0 radical (unpaired) electrons. The van der Waals surface area contributed by atoms with Gasteiger partial charge in [0.25, 0.3) is 10.1 Å². The van der Waals surface area contributed by atoms with Crippen molar-refractivity contribution in [1.82, 2.24) is 4.90 Å². The Bertz CT molecular complexity index is 913. The molecule has 0 saturated carbocycles. The molecule has 126 valence electrons. The lowest BCUT2D eigenvalue weighted by molar-refractivity contribution is 0.328. The topological polar surface area (TPSA) is 57.6 Å². The Balaban J connectivity index is 1.91. The molecule has 0 aromatic heterocycles. The van der Waals surface area contributed by atoms with E-state index in [0.717, 1.165) is 6.54 Å². The molecule has 0 aliphatic rings. The molecule has 3 aromatic carbocycles. The predicted molar refractivity (Wildman–Crippen MR) is 98.8 cm³/mol. The minimum atomic E-state index is -3.89. The summed E-state index contributed by atoms with van der Waals surface area (Å²) in [6.45, 7) is 1.34. The van der Waals surface area contributed by atoms with Gasteiger partial charge in [0.05, 0.1) is 5.75 Å². The Morgan fingerprint density at radius 1 is 0.958 bits per heavy atom. The Labute approximate surface area is 142 Å². The maximum absolute atomic E-state index is 10.9. The van der Waals surface area contributed by atoms with Crippen LogP contribution in [0.2, 0.25) is 0 Å². The molecular formula is C19H21NO3S. The number of hydrogen-bond donors (Lipinski definition) is 1. The molecule has 0 aliphatic heterocycles. The van der Waals surface area contributed by atoms with Crippen molar-refractivity contribution in [2.45, 2.75) is 13.0 Å². The van der Waals surface area contributed by atoms with E-state index in [1.54, 1.807) is 0 Å². The van der Waals surface area contributed by atoms with Crippen LogP contribution in [-0.4, -0.2) is 37.2 Å². The molecule has 0 spiro atoms. The summed E-state index contributed by atoms with van der Waals surface area (Å²) >= 11 is 0. The molecule has 3 rings (SSSR count). The van der Waals surface area contributed by atoms with E-state index in [1.165, 1.54) is 27.1 Å². The average Bonchev–Trinajstić information content (AvgIpc) is 2.53. The molecule has 1 N–H and O–H groups in total. The zero-order valence-corrected chi connectivity index (χ0v) is 14.5. The van der Waals surface area contributed by atoms with Crippen molar-refractivity contribution in [2.24, 2.45) is 0 Å². The minimum Gasteiger partial charge on any atom is -0.302 e. The van der Waals surface area contributed by atoms with Crippen LogP contribution in [0.3, 0.4) is 0 Å². The highest BCUT2D eigenvalue weighted by Crippen LogP contribution is 2.29. The molecule has 0 amide bonds. The van der Waals surface area contributed by atoms with Crippen LogP contribution in [0.4, 0.5) is 0 Å². The maximum Gasteiger partial charge on any atom is 0.264 e. The van der Waals surface area contributed by atoms with Crippen LogP contribution >= 0.6 is 0 Å². The number of rotatable bonds is 6. The van der Waals surface area contributed by atoms with E-state index in [-0.39, 0.29) is 5.75 Å². The van der Waals surface area contributed by atoms with Crippen molar-refractivity contribution in [3.8, 4) is 0 Å². The number of benzene rings is 3. The van der Waals surface area contributed by atoms with E-state index in [2.05, 4.69) is 35.2 Å². The van der Waals surface area contributed by atoms with E-state index in [9.17, 15) is 8.42 Å². The molecule has 0 aliphatic carbocycles. The normalized spacial score (nSPS) is 12.3. The predicted octanol–water partition coefficient (Wildman–Crippen LogP) is 3.70. The lowest BCUT2D eigenvalue weighted by Crippen LogP contribution is -2.21. The van der Waals surface area contributed by atoms with Crippen LogP contribution in [0, 0.1) is 0 Å². The standard InChI is InChI=1S/C19H21NO3S/c1-20(11-6-12-24(21,22)23)14-19-17-9-4-2-7-15(17)13-16-8-3-5-10-18(16)19/h2-5,7-10,13H,6,11-12,14H2,1H3,(H,21,22,23). The van der Waals surface area contributed by atoms with Crippen molar-refractivity contribution in [3.63, 3.8) is 0 Å². The van der Waals surface area contributed by atoms with Gasteiger partial charge in [-0.1, -0.05) is 48.5 Å². The summed E-state index contributed by atoms with van der Waals surface area (Å²) in [7, 11) is -1.92. The second kappa shape index (κ2) is 6.89. The van der Waals surface area contributed by atoms with Crippen molar-refractivity contribution in [3.05, 3.63) is 60.2 Å². The molecule has 24 heavy (non-hydrogen) atoms. The van der Waals surface area contributed by atoms with Gasteiger partial charge in [0.1, 0.15) is 0 Å². The van der Waals surface area contributed by atoms with E-state index in [4.69, 9.17) is 4.55 Å². The molecule has 0 atom stereocenters. The SMILES string of the molecule is CN(CCCS(=O)(=O)O)Cc1c2ccccc2cc2ccccc12. The molecule has 0 fully saturated rings. The van der Waals surface area contributed by atoms with Gasteiger partial charge in [-0.05, 0) is 53.2 Å². The highest BCUT2D eigenvalue weighted by Gasteiger charge is 2.11. The molecular weight excluding hydrogens is 322 g/mol. The summed E-state index contributed by atoms with van der Waals surface area (Å²) in [4.78, 5) is 2.10. The Morgan fingerprint density at radius 3 is 2.04 bits per heavy atom. The minimum absolute atomic E-state index is 0.201. The first kappa shape index (κ1) is 16.9. The van der Waals surface area contributed by atoms with Gasteiger partial charge in [0.2, 0.25) is 0 Å². The van der Waals surface area contributed by atoms with Gasteiger partial charge in [0.15, 0.2) is 0 Å². The van der Waals surface area contributed by atoms with Gasteiger partial charge < -0.3 is 4.90 Å². The fraction of sp³-hybridized carbons (Fsp3) is 0.263. The van der Waals surface area contributed by atoms with Gasteiger partial charge in [-0.25, -0.2) is 0 Å². The van der Waals surface area contributed by atoms with E-state index in [0.29, 0.717) is 13.0 Å². The molecule has 3 aromatic rings. The Kier molecular flexibility index (Phi) is 4.85. The molecule has 0 unspecified atom stereocenters. The first-order chi connectivity index (χ1) is 11.4. The van der Waals surface area contributed by atoms with Gasteiger partial charge in [-0.15, -0.1) is 0 Å². The largest absolute Gasteiger partial charge is 0.302 e. The quantitative estimate of drug-likeness (QED) is 0.548. The van der Waals surface area contributed by atoms with E-state index < -0.39 is 10.1 Å². The van der Waals surface area contributed by atoms with Crippen molar-refractivity contribution in [1.29, 1.82) is 0 Å². The molecule has 0 bridgehead atoms. The third-order valence-corrected chi connectivity index (χ3v) is 5.06. The summed E-state index contributed by atoms with van der Waals surface area (Å²) in [6, 6.07) is 18.8. The monoisotopic (exact) mass is 343 g/mol. The second-order valence-corrected chi connectivity index (χ2v) is 7.75. The third kappa shape index (κ3) is 3.93. The van der Waals surface area contributed by atoms with Crippen LogP contribution in [-0.2, 0) is 16.7 Å². The van der Waals surface area contributed by atoms with Gasteiger partial charge in [-0.2, -0.15) is 8.42 Å². The average molecular weight is 343 g/mol. The summed E-state index contributed by atoms with van der Waals surface area (Å²) in [5.74, 6) is -0.201. The summed E-state index contributed by atoms with van der Waals surface area (Å²) in [6.07, 6.45) is 0.415. The zero-order chi connectivity index (χ0) is 17.2. The molecule has 0 heterocycles. The second-order valence-electron chi connectivity index (χ2n) is 6.17. The first-order valence-electron chi connectivity index (χ1n) is 7.97. The van der Waals surface area contributed by atoms with Crippen molar-refractivity contribution in [2.75, 3.05) is 19.3 Å². The smallest absolute Gasteiger partial charge is 0.264 e. The van der Waals surface area contributed by atoms with Crippen molar-refractivity contribution >= 4 is 31.7 Å². The number of fused-ring (bicyclic) bond motifs is 2. The highest BCUT2D eigenvalue weighted by atomic mass is 32.2. The van der Waals surface area contributed by atoms with Crippen molar-refractivity contribution < 1.29 is 13.0 Å². The van der Waals surface area contributed by atoms with Crippen LogP contribution in [0.1, 0.15) is 12.0 Å². The fourth-order valence-corrected chi connectivity index (χ4v) is 3.64. The Hall–Kier alpha value is -1.95.